The van der Waals surface area contributed by atoms with E-state index in [1.165, 1.54) is 11.3 Å². The van der Waals surface area contributed by atoms with Crippen molar-refractivity contribution in [3.63, 3.8) is 0 Å². The van der Waals surface area contributed by atoms with Gasteiger partial charge in [0.25, 0.3) is 0 Å². The molecule has 16 heavy (non-hydrogen) atoms. The van der Waals surface area contributed by atoms with Crippen LogP contribution >= 0.6 is 11.3 Å². The molecule has 0 aliphatic carbocycles. The molecule has 5 heteroatoms. The maximum atomic E-state index is 5.81. The van der Waals surface area contributed by atoms with Crippen LogP contribution < -0.4 is 16.2 Å². The maximum Gasteiger partial charge on any atom is 0.182 e. The van der Waals surface area contributed by atoms with Gasteiger partial charge in [-0.15, -0.1) is 0 Å². The number of hydrogen-bond donors (Lipinski definition) is 2. The predicted molar refractivity (Wildman–Crippen MR) is 67.5 cm³/mol. The highest BCUT2D eigenvalue weighted by atomic mass is 32.1. The smallest absolute Gasteiger partial charge is 0.182 e. The Kier molecular flexibility index (Phi) is 2.96. The number of aromatic nitrogens is 1. The van der Waals surface area contributed by atoms with E-state index in [0.717, 1.165) is 17.0 Å². The molecule has 84 valence electrons. The molecule has 1 aromatic heterocycles. The van der Waals surface area contributed by atoms with E-state index in [2.05, 4.69) is 4.98 Å². The molecule has 4 nitrogen and oxygen atoms in total. The maximum absolute atomic E-state index is 5.81. The van der Waals surface area contributed by atoms with Gasteiger partial charge >= 0.3 is 0 Å². The average molecular weight is 235 g/mol. The molecule has 0 saturated heterocycles. The largest absolute Gasteiger partial charge is 0.494 e. The van der Waals surface area contributed by atoms with Gasteiger partial charge < -0.3 is 16.2 Å². The Morgan fingerprint density at radius 2 is 1.94 bits per heavy atom. The summed E-state index contributed by atoms with van der Waals surface area (Å²) >= 11 is 1.29. The summed E-state index contributed by atoms with van der Waals surface area (Å²) in [7, 11) is 0. The van der Waals surface area contributed by atoms with E-state index in [9.17, 15) is 0 Å². The van der Waals surface area contributed by atoms with Crippen LogP contribution in [0.3, 0.4) is 0 Å². The fourth-order valence-electron chi connectivity index (χ4n) is 1.43. The summed E-state index contributed by atoms with van der Waals surface area (Å²) in [6.07, 6.45) is 0. The third kappa shape index (κ3) is 2.09. The molecule has 2 aromatic rings. The summed E-state index contributed by atoms with van der Waals surface area (Å²) in [5.74, 6) is 0.841. The highest BCUT2D eigenvalue weighted by molar-refractivity contribution is 7.19. The molecule has 0 spiro atoms. The third-order valence-electron chi connectivity index (χ3n) is 2.11. The molecule has 2 rings (SSSR count). The SMILES string of the molecule is CCOc1ccc(-c2nc(N)sc2N)cc1. The van der Waals surface area contributed by atoms with Crippen LogP contribution in [0.4, 0.5) is 10.1 Å². The summed E-state index contributed by atoms with van der Waals surface area (Å²) in [6, 6.07) is 7.65. The molecule has 0 radical (unpaired) electrons. The van der Waals surface area contributed by atoms with Crippen LogP contribution in [-0.2, 0) is 0 Å². The van der Waals surface area contributed by atoms with Crippen molar-refractivity contribution in [1.29, 1.82) is 0 Å². The van der Waals surface area contributed by atoms with E-state index in [0.29, 0.717) is 16.7 Å². The zero-order chi connectivity index (χ0) is 11.5. The van der Waals surface area contributed by atoms with E-state index >= 15 is 0 Å². The van der Waals surface area contributed by atoms with Crippen LogP contribution in [0.25, 0.3) is 11.3 Å². The van der Waals surface area contributed by atoms with Gasteiger partial charge in [-0.25, -0.2) is 4.98 Å². The lowest BCUT2D eigenvalue weighted by molar-refractivity contribution is 0.340. The second-order valence-electron chi connectivity index (χ2n) is 3.22. The standard InChI is InChI=1S/C11H13N3OS/c1-2-15-8-5-3-7(4-6-8)9-10(12)16-11(13)14-9/h3-6H,2,12H2,1H3,(H2,13,14). The summed E-state index contributed by atoms with van der Waals surface area (Å²) in [5.41, 5.74) is 13.1. The van der Waals surface area contributed by atoms with Crippen molar-refractivity contribution in [2.24, 2.45) is 0 Å². The summed E-state index contributed by atoms with van der Waals surface area (Å²) < 4.78 is 5.36. The zero-order valence-corrected chi connectivity index (χ0v) is 9.75. The molecule has 0 aliphatic heterocycles. The number of benzene rings is 1. The number of nitrogen functional groups attached to an aromatic ring is 2. The summed E-state index contributed by atoms with van der Waals surface area (Å²) in [5, 5.41) is 1.13. The highest BCUT2D eigenvalue weighted by Gasteiger charge is 2.08. The van der Waals surface area contributed by atoms with Crippen LogP contribution in [0.5, 0.6) is 5.75 Å². The van der Waals surface area contributed by atoms with Crippen molar-refractivity contribution in [3.8, 4) is 17.0 Å². The van der Waals surface area contributed by atoms with Crippen LogP contribution in [0.2, 0.25) is 0 Å². The number of nitrogens with zero attached hydrogens (tertiary/aromatic N) is 1. The van der Waals surface area contributed by atoms with Gasteiger partial charge in [-0.05, 0) is 31.2 Å². The molecular weight excluding hydrogens is 222 g/mol. The molecule has 0 atom stereocenters. The van der Waals surface area contributed by atoms with Crippen molar-refractivity contribution in [2.75, 3.05) is 18.1 Å². The van der Waals surface area contributed by atoms with Crippen molar-refractivity contribution in [2.45, 2.75) is 6.92 Å². The second kappa shape index (κ2) is 4.40. The fraction of sp³-hybridized carbons (Fsp3) is 0.182. The Labute approximate surface area is 97.9 Å². The molecule has 0 fully saturated rings. The first kappa shape index (κ1) is 10.8. The van der Waals surface area contributed by atoms with E-state index in [1.54, 1.807) is 0 Å². The van der Waals surface area contributed by atoms with Crippen molar-refractivity contribution < 1.29 is 4.74 Å². The number of rotatable bonds is 3. The number of nitrogens with two attached hydrogens (primary N) is 2. The minimum Gasteiger partial charge on any atom is -0.494 e. The van der Waals surface area contributed by atoms with Gasteiger partial charge in [0.2, 0.25) is 0 Å². The third-order valence-corrected chi connectivity index (χ3v) is 2.82. The Morgan fingerprint density at radius 1 is 1.25 bits per heavy atom. The van der Waals surface area contributed by atoms with E-state index in [-0.39, 0.29) is 0 Å². The second-order valence-corrected chi connectivity index (χ2v) is 4.28. The van der Waals surface area contributed by atoms with E-state index in [4.69, 9.17) is 16.2 Å². The Bertz CT molecular complexity index is 478. The van der Waals surface area contributed by atoms with Gasteiger partial charge in [0.15, 0.2) is 5.13 Å². The topological polar surface area (TPSA) is 74.2 Å². The Balaban J connectivity index is 2.31. The van der Waals surface area contributed by atoms with Crippen molar-refractivity contribution in [1.82, 2.24) is 4.98 Å². The molecule has 0 bridgehead atoms. The lowest BCUT2D eigenvalue weighted by Gasteiger charge is -2.03. The van der Waals surface area contributed by atoms with Crippen LogP contribution in [0.1, 0.15) is 6.92 Å². The van der Waals surface area contributed by atoms with Gasteiger partial charge in [-0.1, -0.05) is 11.3 Å². The van der Waals surface area contributed by atoms with E-state index in [1.807, 2.05) is 31.2 Å². The van der Waals surface area contributed by atoms with Crippen molar-refractivity contribution in [3.05, 3.63) is 24.3 Å². The fourth-order valence-corrected chi connectivity index (χ4v) is 2.05. The molecule has 1 aromatic carbocycles. The minimum atomic E-state index is 0.487. The number of hydrogen-bond acceptors (Lipinski definition) is 5. The van der Waals surface area contributed by atoms with Gasteiger partial charge in [0.1, 0.15) is 16.4 Å². The van der Waals surface area contributed by atoms with Crippen LogP contribution in [0.15, 0.2) is 24.3 Å². The predicted octanol–water partition coefficient (Wildman–Crippen LogP) is 2.37. The molecule has 0 unspecified atom stereocenters. The van der Waals surface area contributed by atoms with Crippen molar-refractivity contribution >= 4 is 21.5 Å². The summed E-state index contributed by atoms with van der Waals surface area (Å²) in [6.45, 7) is 2.61. The van der Waals surface area contributed by atoms with Gasteiger partial charge in [0.05, 0.1) is 6.61 Å². The molecule has 0 saturated carbocycles. The Morgan fingerprint density at radius 3 is 2.44 bits per heavy atom. The monoisotopic (exact) mass is 235 g/mol. The number of thiazole rings is 1. The summed E-state index contributed by atoms with van der Waals surface area (Å²) in [4.78, 5) is 4.19. The number of anilines is 2. The molecule has 0 amide bonds. The van der Waals surface area contributed by atoms with Crippen LogP contribution in [-0.4, -0.2) is 11.6 Å². The lowest BCUT2D eigenvalue weighted by atomic mass is 10.1. The molecule has 1 heterocycles. The molecule has 4 N–H and O–H groups in total. The Hall–Kier alpha value is -1.75. The quantitative estimate of drug-likeness (QED) is 0.856. The van der Waals surface area contributed by atoms with Gasteiger partial charge in [-0.3, -0.25) is 0 Å². The first-order valence-corrected chi connectivity index (χ1v) is 5.77. The minimum absolute atomic E-state index is 0.487. The van der Waals surface area contributed by atoms with E-state index < -0.39 is 0 Å². The normalized spacial score (nSPS) is 10.3. The average Bonchev–Trinajstić information content (AvgIpc) is 2.59. The lowest BCUT2D eigenvalue weighted by Crippen LogP contribution is -1.91. The first-order valence-electron chi connectivity index (χ1n) is 4.95. The highest BCUT2D eigenvalue weighted by Crippen LogP contribution is 2.32. The van der Waals surface area contributed by atoms with Gasteiger partial charge in [0, 0.05) is 5.56 Å². The molecular formula is C11H13N3OS. The first-order chi connectivity index (χ1) is 7.70. The molecule has 0 aliphatic rings. The number of ether oxygens (including phenoxy) is 1. The van der Waals surface area contributed by atoms with Crippen LogP contribution in [0, 0.1) is 0 Å². The zero-order valence-electron chi connectivity index (χ0n) is 8.93. The van der Waals surface area contributed by atoms with Gasteiger partial charge in [-0.2, -0.15) is 0 Å².